The zero-order chi connectivity index (χ0) is 22.0. The molecule has 158 valence electrons. The molecule has 0 radical (unpaired) electrons. The van der Waals surface area contributed by atoms with Crippen LogP contribution in [0.3, 0.4) is 0 Å². The van der Waals surface area contributed by atoms with Gasteiger partial charge in [-0.1, -0.05) is 42.5 Å². The molecule has 4 rings (SSSR count). The van der Waals surface area contributed by atoms with Crippen LogP contribution in [0.5, 0.6) is 0 Å². The van der Waals surface area contributed by atoms with E-state index in [2.05, 4.69) is 15.6 Å². The fourth-order valence-corrected chi connectivity index (χ4v) is 3.55. The van der Waals surface area contributed by atoms with E-state index in [4.69, 9.17) is 11.5 Å². The Morgan fingerprint density at radius 1 is 1.00 bits per heavy atom. The van der Waals surface area contributed by atoms with Crippen molar-refractivity contribution in [2.45, 2.75) is 18.9 Å². The maximum atomic E-state index is 12.8. The van der Waals surface area contributed by atoms with E-state index >= 15 is 0 Å². The Morgan fingerprint density at radius 3 is 2.42 bits per heavy atom. The summed E-state index contributed by atoms with van der Waals surface area (Å²) >= 11 is 0. The summed E-state index contributed by atoms with van der Waals surface area (Å²) < 4.78 is 0. The molecule has 1 heterocycles. The third kappa shape index (κ3) is 4.18. The molecule has 1 aliphatic carbocycles. The van der Waals surface area contributed by atoms with Crippen LogP contribution in [0.15, 0.2) is 60.7 Å². The van der Waals surface area contributed by atoms with Crippen LogP contribution in [0, 0.1) is 5.41 Å². The highest BCUT2D eigenvalue weighted by molar-refractivity contribution is 6.07. The Kier molecular flexibility index (Phi) is 5.29. The monoisotopic (exact) mass is 417 g/mol. The fourth-order valence-electron chi connectivity index (χ4n) is 3.55. The number of nitrogens with one attached hydrogen (secondary N) is 2. The summed E-state index contributed by atoms with van der Waals surface area (Å²) in [5, 5.41) is 7.75. The van der Waals surface area contributed by atoms with E-state index in [1.54, 1.807) is 18.2 Å². The van der Waals surface area contributed by atoms with Crippen LogP contribution in [0.25, 0.3) is 10.8 Å². The molecule has 0 saturated heterocycles. The van der Waals surface area contributed by atoms with E-state index < -0.39 is 29.2 Å². The number of carbonyl (C=O) groups excluding carboxylic acids is 3. The highest BCUT2D eigenvalue weighted by atomic mass is 16.2. The van der Waals surface area contributed by atoms with Gasteiger partial charge in [-0.05, 0) is 47.4 Å². The predicted octanol–water partition coefficient (Wildman–Crippen LogP) is 1.67. The van der Waals surface area contributed by atoms with E-state index in [1.165, 1.54) is 0 Å². The van der Waals surface area contributed by atoms with Crippen molar-refractivity contribution in [2.75, 3.05) is 12.3 Å². The summed E-state index contributed by atoms with van der Waals surface area (Å²) in [5.41, 5.74) is 10.9. The van der Waals surface area contributed by atoms with Gasteiger partial charge in [0, 0.05) is 6.54 Å². The first-order valence-corrected chi connectivity index (χ1v) is 9.99. The van der Waals surface area contributed by atoms with Crippen LogP contribution in [0.4, 0.5) is 5.82 Å². The lowest BCUT2D eigenvalue weighted by atomic mass is 9.99. The van der Waals surface area contributed by atoms with Gasteiger partial charge >= 0.3 is 0 Å². The Balaban J connectivity index is 1.57. The minimum atomic E-state index is -1.16. The lowest BCUT2D eigenvalue weighted by Gasteiger charge is -2.22. The second kappa shape index (κ2) is 8.06. The number of pyridine rings is 1. The van der Waals surface area contributed by atoms with Crippen molar-refractivity contribution >= 4 is 34.3 Å². The largest absolute Gasteiger partial charge is 0.384 e. The maximum absolute atomic E-state index is 12.8. The normalized spacial score (nSPS) is 15.1. The van der Waals surface area contributed by atoms with Crippen LogP contribution >= 0.6 is 0 Å². The molecule has 1 unspecified atom stereocenters. The molecular weight excluding hydrogens is 394 g/mol. The van der Waals surface area contributed by atoms with Crippen molar-refractivity contribution in [1.82, 2.24) is 15.6 Å². The van der Waals surface area contributed by atoms with Gasteiger partial charge in [-0.2, -0.15) is 0 Å². The van der Waals surface area contributed by atoms with E-state index in [1.807, 2.05) is 42.5 Å². The summed E-state index contributed by atoms with van der Waals surface area (Å²) in [5.74, 6) is -1.22. The summed E-state index contributed by atoms with van der Waals surface area (Å²) in [7, 11) is 0. The number of carbonyl (C=O) groups is 3. The molecule has 1 aliphatic rings. The van der Waals surface area contributed by atoms with Gasteiger partial charge in [-0.3, -0.25) is 14.4 Å². The van der Waals surface area contributed by atoms with Crippen molar-refractivity contribution in [3.63, 3.8) is 0 Å². The first-order valence-electron chi connectivity index (χ1n) is 9.99. The van der Waals surface area contributed by atoms with Gasteiger partial charge in [0.2, 0.25) is 11.8 Å². The number of hydrogen-bond acceptors (Lipinski definition) is 5. The number of amides is 3. The molecule has 1 saturated carbocycles. The third-order valence-corrected chi connectivity index (χ3v) is 5.61. The number of anilines is 1. The molecule has 8 nitrogen and oxygen atoms in total. The molecular formula is C23H23N5O3. The molecule has 31 heavy (non-hydrogen) atoms. The first kappa shape index (κ1) is 20.3. The summed E-state index contributed by atoms with van der Waals surface area (Å²) in [6.07, 6.45) is 0.857. The van der Waals surface area contributed by atoms with Gasteiger partial charge in [0.15, 0.2) is 0 Å². The van der Waals surface area contributed by atoms with Gasteiger partial charge in [-0.15, -0.1) is 0 Å². The van der Waals surface area contributed by atoms with Crippen molar-refractivity contribution in [1.29, 1.82) is 0 Å². The molecule has 6 N–H and O–H groups in total. The quantitative estimate of drug-likeness (QED) is 0.433. The Hall–Kier alpha value is -3.94. The second-order valence-electron chi connectivity index (χ2n) is 7.74. The zero-order valence-corrected chi connectivity index (χ0v) is 16.8. The second-order valence-corrected chi connectivity index (χ2v) is 7.74. The highest BCUT2D eigenvalue weighted by Crippen LogP contribution is 2.45. The van der Waals surface area contributed by atoms with Gasteiger partial charge in [0.1, 0.15) is 16.9 Å². The zero-order valence-electron chi connectivity index (χ0n) is 16.8. The van der Waals surface area contributed by atoms with E-state index in [0.717, 1.165) is 16.3 Å². The van der Waals surface area contributed by atoms with Crippen LogP contribution in [-0.2, 0) is 9.59 Å². The van der Waals surface area contributed by atoms with E-state index in [9.17, 15) is 14.4 Å². The van der Waals surface area contributed by atoms with Crippen LogP contribution in [0.1, 0.15) is 34.9 Å². The Labute approximate surface area is 179 Å². The molecule has 1 aromatic heterocycles. The van der Waals surface area contributed by atoms with Crippen molar-refractivity contribution in [3.8, 4) is 0 Å². The average Bonchev–Trinajstić information content (AvgIpc) is 3.58. The molecule has 1 fully saturated rings. The number of fused-ring (bicyclic) bond motifs is 1. The lowest BCUT2D eigenvalue weighted by Crippen LogP contribution is -2.45. The molecule has 2 aromatic carbocycles. The summed E-state index contributed by atoms with van der Waals surface area (Å²) in [4.78, 5) is 41.1. The Morgan fingerprint density at radius 2 is 1.74 bits per heavy atom. The number of rotatable bonds is 7. The minimum absolute atomic E-state index is 0.105. The highest BCUT2D eigenvalue weighted by Gasteiger charge is 2.55. The smallest absolute Gasteiger partial charge is 0.270 e. The van der Waals surface area contributed by atoms with Gasteiger partial charge < -0.3 is 22.1 Å². The number of aromatic nitrogens is 1. The molecule has 3 amide bonds. The van der Waals surface area contributed by atoms with Gasteiger partial charge in [-0.25, -0.2) is 4.98 Å². The average molecular weight is 417 g/mol. The molecule has 0 bridgehead atoms. The molecule has 3 aromatic rings. The minimum Gasteiger partial charge on any atom is -0.384 e. The van der Waals surface area contributed by atoms with Crippen LogP contribution < -0.4 is 22.1 Å². The lowest BCUT2D eigenvalue weighted by molar-refractivity contribution is -0.135. The SMILES string of the molecule is NC(=O)C1(C(=O)NC(CNC(=O)c2cccc(N)n2)c2ccc3ccccc3c2)CC1. The molecule has 0 aliphatic heterocycles. The number of nitrogens with zero attached hydrogens (tertiary/aromatic N) is 1. The van der Waals surface area contributed by atoms with Crippen LogP contribution in [0.2, 0.25) is 0 Å². The summed E-state index contributed by atoms with van der Waals surface area (Å²) in [6.45, 7) is 0.105. The van der Waals surface area contributed by atoms with Crippen molar-refractivity contribution in [3.05, 3.63) is 71.9 Å². The number of nitrogens with two attached hydrogens (primary N) is 2. The Bertz CT molecular complexity index is 1170. The van der Waals surface area contributed by atoms with Gasteiger partial charge in [0.05, 0.1) is 6.04 Å². The van der Waals surface area contributed by atoms with Crippen LogP contribution in [-0.4, -0.2) is 29.3 Å². The number of primary amides is 1. The van der Waals surface area contributed by atoms with E-state index in [0.29, 0.717) is 12.8 Å². The molecule has 1 atom stereocenters. The third-order valence-electron chi connectivity index (χ3n) is 5.61. The number of hydrogen-bond donors (Lipinski definition) is 4. The fraction of sp³-hybridized carbons (Fsp3) is 0.217. The first-order chi connectivity index (χ1) is 14.9. The van der Waals surface area contributed by atoms with E-state index in [-0.39, 0.29) is 18.1 Å². The standard InChI is InChI=1S/C23H23N5O3/c24-19-7-3-6-17(27-19)20(29)26-13-18(28-22(31)23(10-11-23)21(25)30)16-9-8-14-4-1-2-5-15(14)12-16/h1-9,12,18H,10-11,13H2,(H2,24,27)(H2,25,30)(H,26,29)(H,28,31). The molecule has 0 spiro atoms. The maximum Gasteiger partial charge on any atom is 0.270 e. The predicted molar refractivity (Wildman–Crippen MR) is 117 cm³/mol. The number of benzene rings is 2. The van der Waals surface area contributed by atoms with Crippen molar-refractivity contribution < 1.29 is 14.4 Å². The van der Waals surface area contributed by atoms with Crippen molar-refractivity contribution in [2.24, 2.45) is 11.1 Å². The molecule has 8 heteroatoms. The van der Waals surface area contributed by atoms with Gasteiger partial charge in [0.25, 0.3) is 5.91 Å². The number of nitrogen functional groups attached to an aromatic ring is 1. The summed E-state index contributed by atoms with van der Waals surface area (Å²) in [6, 6.07) is 17.9. The topological polar surface area (TPSA) is 140 Å².